The molecule has 1 aromatic heterocycles. The van der Waals surface area contributed by atoms with Gasteiger partial charge in [0.1, 0.15) is 0 Å². The van der Waals surface area contributed by atoms with Gasteiger partial charge in [0.05, 0.1) is 17.6 Å². The molecule has 1 aliphatic rings. The van der Waals surface area contributed by atoms with Crippen LogP contribution in [0.4, 0.5) is 0 Å². The summed E-state index contributed by atoms with van der Waals surface area (Å²) in [6, 6.07) is 3.83. The Morgan fingerprint density at radius 3 is 2.94 bits per heavy atom. The van der Waals surface area contributed by atoms with Crippen molar-refractivity contribution in [2.75, 3.05) is 19.2 Å². The number of aromatic nitrogens is 2. The van der Waals surface area contributed by atoms with Crippen LogP contribution in [-0.4, -0.2) is 33.8 Å². The summed E-state index contributed by atoms with van der Waals surface area (Å²) in [6.45, 7) is 0.425. The van der Waals surface area contributed by atoms with E-state index in [0.717, 1.165) is 27.7 Å². The van der Waals surface area contributed by atoms with E-state index < -0.39 is 0 Å². The van der Waals surface area contributed by atoms with Gasteiger partial charge in [-0.3, -0.25) is 0 Å². The second kappa shape index (κ2) is 4.12. The Morgan fingerprint density at radius 2 is 2.18 bits per heavy atom. The highest BCUT2D eigenvalue weighted by Crippen LogP contribution is 2.36. The van der Waals surface area contributed by atoms with Crippen LogP contribution in [0.25, 0.3) is 11.0 Å². The van der Waals surface area contributed by atoms with Crippen LogP contribution in [0.5, 0.6) is 11.5 Å². The highest BCUT2D eigenvalue weighted by Gasteiger charge is 2.17. The van der Waals surface area contributed by atoms with Gasteiger partial charge in [-0.05, 0) is 0 Å². The van der Waals surface area contributed by atoms with Gasteiger partial charge in [0, 0.05) is 24.9 Å². The summed E-state index contributed by atoms with van der Waals surface area (Å²) in [5, 5.41) is 9.72. The van der Waals surface area contributed by atoms with Crippen LogP contribution < -0.4 is 9.47 Å². The molecule has 2 aromatic rings. The quantitative estimate of drug-likeness (QED) is 0.836. The maximum Gasteiger partial charge on any atom is 0.231 e. The number of aliphatic hydroxyl groups excluding tert-OH is 1. The number of aliphatic hydroxyl groups is 1. The number of hydrogen-bond acceptors (Lipinski definition) is 5. The van der Waals surface area contributed by atoms with Crippen molar-refractivity contribution in [1.29, 1.82) is 0 Å². The van der Waals surface area contributed by atoms with Gasteiger partial charge in [-0.15, -0.1) is 0 Å². The minimum Gasteiger partial charge on any atom is -0.454 e. The van der Waals surface area contributed by atoms with Crippen molar-refractivity contribution in [3.05, 3.63) is 12.1 Å². The third-order valence-corrected chi connectivity index (χ3v) is 3.67. The van der Waals surface area contributed by atoms with E-state index >= 15 is 0 Å². The zero-order valence-electron chi connectivity index (χ0n) is 9.34. The van der Waals surface area contributed by atoms with Crippen molar-refractivity contribution < 1.29 is 14.6 Å². The Kier molecular flexibility index (Phi) is 2.60. The minimum absolute atomic E-state index is 0.149. The monoisotopic (exact) mass is 252 g/mol. The van der Waals surface area contributed by atoms with Crippen LogP contribution in [0.3, 0.4) is 0 Å². The molecule has 0 bridgehead atoms. The first-order chi connectivity index (χ1) is 8.29. The average molecular weight is 252 g/mol. The summed E-state index contributed by atoms with van der Waals surface area (Å²) in [5.74, 6) is 2.15. The van der Waals surface area contributed by atoms with Crippen LogP contribution in [0, 0.1) is 0 Å². The third kappa shape index (κ3) is 1.73. The summed E-state index contributed by atoms with van der Waals surface area (Å²) in [7, 11) is 1.96. The molecule has 90 valence electrons. The summed E-state index contributed by atoms with van der Waals surface area (Å²) in [5.41, 5.74) is 1.90. The van der Waals surface area contributed by atoms with Crippen LogP contribution in [-0.2, 0) is 7.05 Å². The first-order valence-corrected chi connectivity index (χ1v) is 6.28. The van der Waals surface area contributed by atoms with Gasteiger partial charge in [-0.1, -0.05) is 11.8 Å². The molecule has 2 heterocycles. The fraction of sp³-hybridized carbons (Fsp3) is 0.364. The molecule has 6 heteroatoms. The molecule has 0 radical (unpaired) electrons. The third-order valence-electron chi connectivity index (χ3n) is 2.66. The second-order valence-corrected chi connectivity index (χ2v) is 4.78. The van der Waals surface area contributed by atoms with E-state index in [1.807, 2.05) is 23.7 Å². The second-order valence-electron chi connectivity index (χ2n) is 3.72. The number of fused-ring (bicyclic) bond motifs is 2. The summed E-state index contributed by atoms with van der Waals surface area (Å²) in [4.78, 5) is 4.51. The Morgan fingerprint density at radius 1 is 1.41 bits per heavy atom. The van der Waals surface area contributed by atoms with E-state index in [2.05, 4.69) is 4.98 Å². The van der Waals surface area contributed by atoms with E-state index in [9.17, 15) is 0 Å². The number of imidazole rings is 1. The van der Waals surface area contributed by atoms with Crippen LogP contribution in [0.15, 0.2) is 17.3 Å². The van der Waals surface area contributed by atoms with Crippen LogP contribution in [0.2, 0.25) is 0 Å². The molecule has 0 unspecified atom stereocenters. The maximum absolute atomic E-state index is 8.83. The van der Waals surface area contributed by atoms with Gasteiger partial charge < -0.3 is 19.1 Å². The maximum atomic E-state index is 8.83. The van der Waals surface area contributed by atoms with Crippen molar-refractivity contribution in [1.82, 2.24) is 9.55 Å². The fourth-order valence-corrected chi connectivity index (χ4v) is 2.55. The molecule has 0 aliphatic carbocycles. The van der Waals surface area contributed by atoms with Crippen molar-refractivity contribution in [2.24, 2.45) is 7.05 Å². The zero-order chi connectivity index (χ0) is 11.8. The molecule has 17 heavy (non-hydrogen) atoms. The summed E-state index contributed by atoms with van der Waals surface area (Å²) < 4.78 is 12.7. The molecule has 0 spiro atoms. The van der Waals surface area contributed by atoms with Gasteiger partial charge in [-0.2, -0.15) is 0 Å². The summed E-state index contributed by atoms with van der Waals surface area (Å²) in [6.07, 6.45) is 0. The first kappa shape index (κ1) is 10.7. The van der Waals surface area contributed by atoms with Crippen LogP contribution >= 0.6 is 11.8 Å². The predicted octanol–water partition coefficient (Wildman–Crippen LogP) is 1.39. The molecule has 0 atom stereocenters. The smallest absolute Gasteiger partial charge is 0.231 e. The number of hydrogen-bond donors (Lipinski definition) is 1. The highest BCUT2D eigenvalue weighted by atomic mass is 32.2. The lowest BCUT2D eigenvalue weighted by Crippen LogP contribution is -1.94. The molecule has 0 fully saturated rings. The molecule has 1 aliphatic heterocycles. The van der Waals surface area contributed by atoms with Crippen molar-refractivity contribution >= 4 is 22.8 Å². The number of nitrogens with zero attached hydrogens (tertiary/aromatic N) is 2. The molecular formula is C11H12N2O3S. The Bertz CT molecular complexity index is 567. The van der Waals surface area contributed by atoms with E-state index in [1.165, 1.54) is 11.8 Å². The lowest BCUT2D eigenvalue weighted by molar-refractivity contribution is 0.174. The van der Waals surface area contributed by atoms with Gasteiger partial charge in [0.2, 0.25) is 6.79 Å². The molecule has 3 rings (SSSR count). The number of thioether (sulfide) groups is 1. The van der Waals surface area contributed by atoms with E-state index in [1.54, 1.807) is 0 Å². The highest BCUT2D eigenvalue weighted by molar-refractivity contribution is 7.99. The van der Waals surface area contributed by atoms with E-state index in [-0.39, 0.29) is 13.4 Å². The standard InChI is InChI=1S/C11H12N2O3S/c1-13-8-5-10-9(15-6-16-10)4-7(8)12-11(13)17-3-2-14/h4-5,14H,2-3,6H2,1H3. The van der Waals surface area contributed by atoms with Gasteiger partial charge in [0.25, 0.3) is 0 Å². The van der Waals surface area contributed by atoms with Gasteiger partial charge >= 0.3 is 0 Å². The SMILES string of the molecule is Cn1c(SCCO)nc2cc3c(cc21)OCO3. The van der Waals surface area contributed by atoms with E-state index in [0.29, 0.717) is 5.75 Å². The van der Waals surface area contributed by atoms with Crippen molar-refractivity contribution in [3.63, 3.8) is 0 Å². The van der Waals surface area contributed by atoms with Gasteiger partial charge in [0.15, 0.2) is 16.7 Å². The lowest BCUT2D eigenvalue weighted by Gasteiger charge is -2.00. The molecule has 1 aromatic carbocycles. The van der Waals surface area contributed by atoms with E-state index in [4.69, 9.17) is 14.6 Å². The first-order valence-electron chi connectivity index (χ1n) is 5.29. The Balaban J connectivity index is 2.07. The molecule has 5 nitrogen and oxygen atoms in total. The van der Waals surface area contributed by atoms with Gasteiger partial charge in [-0.25, -0.2) is 4.98 Å². The normalized spacial score (nSPS) is 13.5. The number of ether oxygens (including phenoxy) is 2. The lowest BCUT2D eigenvalue weighted by atomic mass is 10.3. The largest absolute Gasteiger partial charge is 0.454 e. The number of rotatable bonds is 3. The number of aryl methyl sites for hydroxylation is 1. The number of benzene rings is 1. The fourth-order valence-electron chi connectivity index (χ4n) is 1.83. The molecule has 1 N–H and O–H groups in total. The molecule has 0 saturated heterocycles. The molecule has 0 amide bonds. The zero-order valence-corrected chi connectivity index (χ0v) is 10.2. The predicted molar refractivity (Wildman–Crippen MR) is 64.6 cm³/mol. The Labute approximate surface area is 102 Å². The Hall–Kier alpha value is -1.40. The van der Waals surface area contributed by atoms with Crippen molar-refractivity contribution in [3.8, 4) is 11.5 Å². The topological polar surface area (TPSA) is 56.5 Å². The average Bonchev–Trinajstić information content (AvgIpc) is 2.89. The minimum atomic E-state index is 0.149. The molecular weight excluding hydrogens is 240 g/mol. The van der Waals surface area contributed by atoms with Crippen molar-refractivity contribution in [2.45, 2.75) is 5.16 Å². The summed E-state index contributed by atoms with van der Waals surface area (Å²) >= 11 is 1.53. The molecule has 0 saturated carbocycles. The van der Waals surface area contributed by atoms with Crippen LogP contribution in [0.1, 0.15) is 0 Å².